The van der Waals surface area contributed by atoms with Gasteiger partial charge in [-0.3, -0.25) is 0 Å². The van der Waals surface area contributed by atoms with Gasteiger partial charge in [-0.1, -0.05) is 124 Å². The lowest BCUT2D eigenvalue weighted by molar-refractivity contribution is -0.265. The van der Waals surface area contributed by atoms with Crippen molar-refractivity contribution in [2.45, 2.75) is 77.5 Å². The molecule has 5 nitrogen and oxygen atoms in total. The Bertz CT molecular complexity index is 1190. The van der Waals surface area contributed by atoms with E-state index in [9.17, 15) is 0 Å². The summed E-state index contributed by atoms with van der Waals surface area (Å²) in [5.41, 5.74) is 3.00. The van der Waals surface area contributed by atoms with Gasteiger partial charge in [-0.2, -0.15) is 0 Å². The van der Waals surface area contributed by atoms with Crippen molar-refractivity contribution in [2.24, 2.45) is 5.41 Å². The average molecular weight is 557 g/mol. The molecule has 4 rings (SSSR count). The van der Waals surface area contributed by atoms with Crippen LogP contribution in [-0.2, 0) is 43.5 Å². The van der Waals surface area contributed by atoms with Crippen molar-refractivity contribution in [3.05, 3.63) is 133 Å². The summed E-state index contributed by atoms with van der Waals surface area (Å²) in [6.45, 7) is 16.2. The van der Waals surface area contributed by atoms with E-state index in [-0.39, 0.29) is 17.6 Å². The van der Waals surface area contributed by atoms with Crippen molar-refractivity contribution in [2.75, 3.05) is 6.61 Å². The van der Waals surface area contributed by atoms with Crippen LogP contribution < -0.4 is 0 Å². The second-order valence-electron chi connectivity index (χ2n) is 11.5. The van der Waals surface area contributed by atoms with Gasteiger partial charge in [0.1, 0.15) is 24.4 Å². The highest BCUT2D eigenvalue weighted by atomic mass is 16.6. The van der Waals surface area contributed by atoms with Crippen LogP contribution in [0.2, 0.25) is 0 Å². The molecular formula is C36H44O5. The molecule has 1 aliphatic heterocycles. The molecule has 5 heteroatoms. The molecule has 1 fully saturated rings. The topological polar surface area (TPSA) is 46.2 Å². The fourth-order valence-corrected chi connectivity index (χ4v) is 4.75. The Morgan fingerprint density at radius 1 is 0.707 bits per heavy atom. The summed E-state index contributed by atoms with van der Waals surface area (Å²) in [7, 11) is 0. The zero-order chi connectivity index (χ0) is 29.1. The molecule has 41 heavy (non-hydrogen) atoms. The molecule has 0 bridgehead atoms. The molecule has 1 heterocycles. The minimum Gasteiger partial charge on any atom is -0.489 e. The summed E-state index contributed by atoms with van der Waals surface area (Å²) >= 11 is 0. The third-order valence-electron chi connectivity index (χ3n) is 7.21. The maximum Gasteiger partial charge on any atom is 0.153 e. The lowest BCUT2D eigenvalue weighted by atomic mass is 9.90. The van der Waals surface area contributed by atoms with Crippen LogP contribution in [0.3, 0.4) is 0 Å². The maximum absolute atomic E-state index is 6.71. The van der Waals surface area contributed by atoms with Gasteiger partial charge < -0.3 is 23.7 Å². The fourth-order valence-electron chi connectivity index (χ4n) is 4.75. The van der Waals surface area contributed by atoms with E-state index >= 15 is 0 Å². The number of benzene rings is 3. The van der Waals surface area contributed by atoms with Crippen LogP contribution in [0, 0.1) is 5.41 Å². The maximum atomic E-state index is 6.71. The van der Waals surface area contributed by atoms with E-state index in [4.69, 9.17) is 23.7 Å². The lowest BCUT2D eigenvalue weighted by Gasteiger charge is -2.47. The first kappa shape index (κ1) is 30.7. The standard InChI is InChI=1S/C36H44O5/c1-6-16-31-34(40-27(2)36(3,4)5)35(39-25-30-21-14-9-15-22-30)33(38-24-29-19-12-8-13-20-29)32(41-31)26-37-23-28-17-10-7-11-18-28/h6-15,17-22,31-35H,1-2,16,23-26H2,3-5H3/t31-,32-,33-,34+,35+/m1/s1. The van der Waals surface area contributed by atoms with Crippen LogP contribution in [0.25, 0.3) is 0 Å². The summed E-state index contributed by atoms with van der Waals surface area (Å²) in [6, 6.07) is 30.4. The summed E-state index contributed by atoms with van der Waals surface area (Å²) < 4.78 is 32.9. The van der Waals surface area contributed by atoms with E-state index < -0.39 is 18.3 Å². The molecule has 0 amide bonds. The van der Waals surface area contributed by atoms with E-state index in [1.807, 2.05) is 60.7 Å². The Balaban J connectivity index is 1.63. The summed E-state index contributed by atoms with van der Waals surface area (Å²) in [6.07, 6.45) is 0.422. The van der Waals surface area contributed by atoms with Gasteiger partial charge in [0.25, 0.3) is 0 Å². The molecule has 5 atom stereocenters. The van der Waals surface area contributed by atoms with E-state index in [1.54, 1.807) is 0 Å². The van der Waals surface area contributed by atoms with Crippen LogP contribution in [0.4, 0.5) is 0 Å². The van der Waals surface area contributed by atoms with Crippen molar-refractivity contribution in [1.82, 2.24) is 0 Å². The normalized spacial score (nSPS) is 22.7. The van der Waals surface area contributed by atoms with Gasteiger partial charge in [-0.25, -0.2) is 0 Å². The second-order valence-corrected chi connectivity index (χ2v) is 11.5. The van der Waals surface area contributed by atoms with Gasteiger partial charge in [-0.15, -0.1) is 6.58 Å². The Morgan fingerprint density at radius 2 is 1.20 bits per heavy atom. The molecule has 3 aromatic rings. The largest absolute Gasteiger partial charge is 0.489 e. The SMILES string of the molecule is C=CC[C@H]1O[C@H](COCc2ccccc2)[C@@H](OCc2ccccc2)[C@H](OCc2ccccc2)[C@H]1OC(=C)C(C)(C)C. The van der Waals surface area contributed by atoms with Crippen LogP contribution in [0.15, 0.2) is 116 Å². The summed E-state index contributed by atoms with van der Waals surface area (Å²) in [5, 5.41) is 0. The number of hydrogen-bond acceptors (Lipinski definition) is 5. The fraction of sp³-hybridized carbons (Fsp3) is 0.389. The predicted molar refractivity (Wildman–Crippen MR) is 163 cm³/mol. The molecule has 0 radical (unpaired) electrons. The minimum atomic E-state index is -0.450. The Morgan fingerprint density at radius 3 is 1.68 bits per heavy atom. The quantitative estimate of drug-likeness (QED) is 0.151. The number of allylic oxidation sites excluding steroid dienone is 1. The molecule has 0 N–H and O–H groups in total. The highest BCUT2D eigenvalue weighted by Crippen LogP contribution is 2.35. The number of ether oxygens (including phenoxy) is 5. The van der Waals surface area contributed by atoms with E-state index in [0.717, 1.165) is 16.7 Å². The van der Waals surface area contributed by atoms with E-state index in [2.05, 4.69) is 70.3 Å². The second kappa shape index (κ2) is 15.1. The zero-order valence-electron chi connectivity index (χ0n) is 24.6. The molecular weight excluding hydrogens is 512 g/mol. The minimum absolute atomic E-state index is 0.251. The summed E-state index contributed by atoms with van der Waals surface area (Å²) in [5.74, 6) is 0.675. The van der Waals surface area contributed by atoms with Gasteiger partial charge in [0.05, 0.1) is 32.2 Å². The monoisotopic (exact) mass is 556 g/mol. The predicted octanol–water partition coefficient (Wildman–Crippen LogP) is 7.66. The van der Waals surface area contributed by atoms with Gasteiger partial charge in [0.2, 0.25) is 0 Å². The van der Waals surface area contributed by atoms with Gasteiger partial charge in [0.15, 0.2) is 6.10 Å². The molecule has 0 saturated carbocycles. The average Bonchev–Trinajstić information content (AvgIpc) is 2.98. The highest BCUT2D eigenvalue weighted by Gasteiger charge is 2.49. The van der Waals surface area contributed by atoms with Crippen molar-refractivity contribution in [3.63, 3.8) is 0 Å². The van der Waals surface area contributed by atoms with Crippen molar-refractivity contribution >= 4 is 0 Å². The molecule has 0 aromatic heterocycles. The first-order chi connectivity index (χ1) is 19.8. The Labute approximate surface area is 245 Å². The van der Waals surface area contributed by atoms with Gasteiger partial charge in [-0.05, 0) is 23.1 Å². The van der Waals surface area contributed by atoms with E-state index in [0.29, 0.717) is 38.6 Å². The van der Waals surface area contributed by atoms with Crippen LogP contribution >= 0.6 is 0 Å². The molecule has 0 aliphatic carbocycles. The van der Waals surface area contributed by atoms with Crippen LogP contribution in [0.5, 0.6) is 0 Å². The Hall–Kier alpha value is -3.22. The van der Waals surface area contributed by atoms with Gasteiger partial charge in [0, 0.05) is 5.41 Å². The summed E-state index contributed by atoms with van der Waals surface area (Å²) in [4.78, 5) is 0. The first-order valence-electron chi connectivity index (χ1n) is 14.4. The van der Waals surface area contributed by atoms with E-state index in [1.165, 1.54) is 0 Å². The third-order valence-corrected chi connectivity index (χ3v) is 7.21. The Kier molecular flexibility index (Phi) is 11.3. The zero-order valence-corrected chi connectivity index (χ0v) is 24.6. The molecule has 0 unspecified atom stereocenters. The van der Waals surface area contributed by atoms with Gasteiger partial charge >= 0.3 is 0 Å². The molecule has 1 saturated heterocycles. The van der Waals surface area contributed by atoms with Crippen molar-refractivity contribution < 1.29 is 23.7 Å². The van der Waals surface area contributed by atoms with Crippen LogP contribution in [-0.4, -0.2) is 37.1 Å². The molecule has 0 spiro atoms. The highest BCUT2D eigenvalue weighted by molar-refractivity contribution is 5.16. The lowest BCUT2D eigenvalue weighted by Crippen LogP contribution is -2.61. The third kappa shape index (κ3) is 9.14. The molecule has 218 valence electrons. The smallest absolute Gasteiger partial charge is 0.153 e. The van der Waals surface area contributed by atoms with Crippen molar-refractivity contribution in [3.8, 4) is 0 Å². The number of hydrogen-bond donors (Lipinski definition) is 0. The number of rotatable bonds is 14. The molecule has 1 aliphatic rings. The molecule has 3 aromatic carbocycles. The van der Waals surface area contributed by atoms with Crippen molar-refractivity contribution in [1.29, 1.82) is 0 Å². The first-order valence-corrected chi connectivity index (χ1v) is 14.4. The van der Waals surface area contributed by atoms with Crippen LogP contribution in [0.1, 0.15) is 43.9 Å².